The summed E-state index contributed by atoms with van der Waals surface area (Å²) in [6.45, 7) is 8.46. The van der Waals surface area contributed by atoms with Crippen LogP contribution in [0.1, 0.15) is 0 Å². The first kappa shape index (κ1) is 11.3. The molecule has 0 aliphatic carbocycles. The number of amides is 1. The van der Waals surface area contributed by atoms with Crippen LogP contribution in [0.2, 0.25) is 0 Å². The zero-order chi connectivity index (χ0) is 10.4. The van der Waals surface area contributed by atoms with Crippen molar-refractivity contribution < 1.29 is 4.79 Å². The highest BCUT2D eigenvalue weighted by Gasteiger charge is 2.25. The topological polar surface area (TPSA) is 32.3 Å². The summed E-state index contributed by atoms with van der Waals surface area (Å²) in [7, 11) is 0. The van der Waals surface area contributed by atoms with Crippen molar-refractivity contribution in [1.29, 1.82) is 0 Å². The molecule has 0 spiro atoms. The van der Waals surface area contributed by atoms with E-state index in [2.05, 4.69) is 18.5 Å². The number of hydrogen-bond donors (Lipinski definition) is 1. The van der Waals surface area contributed by atoms with Crippen LogP contribution in [-0.2, 0) is 4.79 Å². The number of carbonyl (C=O) groups excluding carboxylic acids is 1. The van der Waals surface area contributed by atoms with Gasteiger partial charge in [0.25, 0.3) is 0 Å². The van der Waals surface area contributed by atoms with E-state index in [1.165, 1.54) is 0 Å². The molecule has 1 amide bonds. The summed E-state index contributed by atoms with van der Waals surface area (Å²) < 4.78 is 0. The predicted octanol–water partition coefficient (Wildman–Crippen LogP) is 0.849. The standard InChI is InChI=1S/C10H16N2OS/c1-3-5-12(6-4-2)10(13)9-7-14-8-11-9/h3-4,9,11H,1-2,5-8H2/t9-/m1/s1. The van der Waals surface area contributed by atoms with E-state index in [0.717, 1.165) is 11.6 Å². The Kier molecular flexibility index (Phi) is 4.76. The minimum atomic E-state index is -0.0279. The summed E-state index contributed by atoms with van der Waals surface area (Å²) in [5.74, 6) is 1.88. The normalized spacial score (nSPS) is 20.4. The molecule has 0 unspecified atom stereocenters. The van der Waals surface area contributed by atoms with Gasteiger partial charge in [-0.3, -0.25) is 10.1 Å². The van der Waals surface area contributed by atoms with Gasteiger partial charge in [-0.2, -0.15) is 0 Å². The Morgan fingerprint density at radius 1 is 1.50 bits per heavy atom. The van der Waals surface area contributed by atoms with Crippen LogP contribution in [0.15, 0.2) is 25.3 Å². The molecule has 1 N–H and O–H groups in total. The van der Waals surface area contributed by atoms with Gasteiger partial charge in [-0.1, -0.05) is 12.2 Å². The van der Waals surface area contributed by atoms with Gasteiger partial charge in [-0.25, -0.2) is 0 Å². The van der Waals surface area contributed by atoms with E-state index in [-0.39, 0.29) is 11.9 Å². The summed E-state index contributed by atoms with van der Waals surface area (Å²) in [5.41, 5.74) is 0. The Morgan fingerprint density at radius 2 is 2.14 bits per heavy atom. The van der Waals surface area contributed by atoms with Crippen molar-refractivity contribution in [3.63, 3.8) is 0 Å². The molecule has 1 fully saturated rings. The third-order valence-corrected chi connectivity index (χ3v) is 2.96. The van der Waals surface area contributed by atoms with E-state index in [4.69, 9.17) is 0 Å². The van der Waals surface area contributed by atoms with Crippen molar-refractivity contribution in [3.05, 3.63) is 25.3 Å². The molecule has 0 aromatic heterocycles. The lowest BCUT2D eigenvalue weighted by atomic mass is 10.3. The second-order valence-corrected chi connectivity index (χ2v) is 4.12. The van der Waals surface area contributed by atoms with E-state index in [1.807, 2.05) is 0 Å². The third kappa shape index (κ3) is 2.89. The number of carbonyl (C=O) groups is 1. The largest absolute Gasteiger partial charge is 0.334 e. The van der Waals surface area contributed by atoms with Crippen molar-refractivity contribution >= 4 is 17.7 Å². The molecule has 0 radical (unpaired) electrons. The fraction of sp³-hybridized carbons (Fsp3) is 0.500. The molecule has 1 heterocycles. The molecule has 1 saturated heterocycles. The minimum absolute atomic E-state index is 0.0279. The summed E-state index contributed by atoms with van der Waals surface area (Å²) in [6, 6.07) is -0.0279. The number of rotatable bonds is 5. The Morgan fingerprint density at radius 3 is 2.57 bits per heavy atom. The number of thioether (sulfide) groups is 1. The van der Waals surface area contributed by atoms with Gasteiger partial charge in [0, 0.05) is 24.7 Å². The SMILES string of the molecule is C=CCN(CC=C)C(=O)[C@H]1CSCN1. The maximum absolute atomic E-state index is 11.9. The fourth-order valence-corrected chi connectivity index (χ4v) is 2.27. The first-order valence-electron chi connectivity index (χ1n) is 4.61. The van der Waals surface area contributed by atoms with Gasteiger partial charge < -0.3 is 4.90 Å². The molecule has 78 valence electrons. The van der Waals surface area contributed by atoms with Crippen molar-refractivity contribution in [3.8, 4) is 0 Å². The molecule has 0 bridgehead atoms. The van der Waals surface area contributed by atoms with Crippen molar-refractivity contribution in [2.75, 3.05) is 24.7 Å². The van der Waals surface area contributed by atoms with E-state index in [9.17, 15) is 4.79 Å². The van der Waals surface area contributed by atoms with Crippen molar-refractivity contribution in [1.82, 2.24) is 10.2 Å². The van der Waals surface area contributed by atoms with Crippen LogP contribution in [-0.4, -0.2) is 41.6 Å². The molecular weight excluding hydrogens is 196 g/mol. The second kappa shape index (κ2) is 5.88. The Hall–Kier alpha value is -0.740. The molecule has 1 atom stereocenters. The lowest BCUT2D eigenvalue weighted by molar-refractivity contribution is -0.131. The van der Waals surface area contributed by atoms with Gasteiger partial charge in [-0.15, -0.1) is 24.9 Å². The van der Waals surface area contributed by atoms with Crippen LogP contribution >= 0.6 is 11.8 Å². The van der Waals surface area contributed by atoms with Crippen LogP contribution < -0.4 is 5.32 Å². The van der Waals surface area contributed by atoms with Crippen LogP contribution in [0, 0.1) is 0 Å². The average Bonchev–Trinajstić information content (AvgIpc) is 2.69. The maximum atomic E-state index is 11.9. The van der Waals surface area contributed by atoms with Crippen molar-refractivity contribution in [2.24, 2.45) is 0 Å². The maximum Gasteiger partial charge on any atom is 0.241 e. The molecule has 0 aromatic carbocycles. The van der Waals surface area contributed by atoms with E-state index in [0.29, 0.717) is 13.1 Å². The lowest BCUT2D eigenvalue weighted by Crippen LogP contribution is -2.45. The van der Waals surface area contributed by atoms with Crippen LogP contribution in [0.4, 0.5) is 0 Å². The molecule has 0 saturated carbocycles. The molecule has 0 aromatic rings. The van der Waals surface area contributed by atoms with Crippen LogP contribution in [0.5, 0.6) is 0 Å². The average molecular weight is 212 g/mol. The Bertz CT molecular complexity index is 214. The summed E-state index contributed by atoms with van der Waals surface area (Å²) in [4.78, 5) is 13.6. The minimum Gasteiger partial charge on any atom is -0.334 e. The molecule has 4 heteroatoms. The quantitative estimate of drug-likeness (QED) is 0.686. The first-order chi connectivity index (χ1) is 6.79. The van der Waals surface area contributed by atoms with Crippen LogP contribution in [0.3, 0.4) is 0 Å². The smallest absolute Gasteiger partial charge is 0.241 e. The van der Waals surface area contributed by atoms with Gasteiger partial charge in [0.15, 0.2) is 0 Å². The van der Waals surface area contributed by atoms with E-state index >= 15 is 0 Å². The first-order valence-corrected chi connectivity index (χ1v) is 5.76. The zero-order valence-electron chi connectivity index (χ0n) is 8.24. The molecule has 14 heavy (non-hydrogen) atoms. The monoisotopic (exact) mass is 212 g/mol. The summed E-state index contributed by atoms with van der Waals surface area (Å²) in [5, 5.41) is 3.16. The highest BCUT2D eigenvalue weighted by molar-refractivity contribution is 7.99. The zero-order valence-corrected chi connectivity index (χ0v) is 9.05. The van der Waals surface area contributed by atoms with E-state index < -0.39 is 0 Å². The van der Waals surface area contributed by atoms with E-state index in [1.54, 1.807) is 28.8 Å². The van der Waals surface area contributed by atoms with Gasteiger partial charge in [0.05, 0.1) is 6.04 Å². The summed E-state index contributed by atoms with van der Waals surface area (Å²) >= 11 is 1.75. The second-order valence-electron chi connectivity index (χ2n) is 3.09. The van der Waals surface area contributed by atoms with Gasteiger partial charge in [-0.05, 0) is 0 Å². The highest BCUT2D eigenvalue weighted by Crippen LogP contribution is 2.11. The third-order valence-electron chi connectivity index (χ3n) is 2.03. The molecular formula is C10H16N2OS. The fourth-order valence-electron chi connectivity index (χ4n) is 1.34. The van der Waals surface area contributed by atoms with Gasteiger partial charge >= 0.3 is 0 Å². The van der Waals surface area contributed by atoms with Gasteiger partial charge in [0.2, 0.25) is 5.91 Å². The number of hydrogen-bond acceptors (Lipinski definition) is 3. The van der Waals surface area contributed by atoms with Crippen LogP contribution in [0.25, 0.3) is 0 Å². The lowest BCUT2D eigenvalue weighted by Gasteiger charge is -2.22. The Labute approximate surface area is 89.2 Å². The molecule has 3 nitrogen and oxygen atoms in total. The highest BCUT2D eigenvalue weighted by atomic mass is 32.2. The number of nitrogens with zero attached hydrogens (tertiary/aromatic N) is 1. The molecule has 1 aliphatic heterocycles. The molecule has 1 rings (SSSR count). The predicted molar refractivity (Wildman–Crippen MR) is 61.2 cm³/mol. The van der Waals surface area contributed by atoms with Crippen molar-refractivity contribution in [2.45, 2.75) is 6.04 Å². The molecule has 1 aliphatic rings. The van der Waals surface area contributed by atoms with Gasteiger partial charge in [0.1, 0.15) is 0 Å². The Balaban J connectivity index is 2.51. The summed E-state index contributed by atoms with van der Waals surface area (Å²) in [6.07, 6.45) is 3.48. The number of nitrogens with one attached hydrogen (secondary N) is 1.